The first-order valence-electron chi connectivity index (χ1n) is 7.75. The van der Waals surface area contributed by atoms with Crippen molar-refractivity contribution in [1.82, 2.24) is 15.3 Å². The molecule has 1 rings (SSSR count). The number of carbonyl (C=O) groups is 1. The van der Waals surface area contributed by atoms with Gasteiger partial charge in [-0.2, -0.15) is 0 Å². The number of allylic oxidation sites excluding steroid dienone is 3. The summed E-state index contributed by atoms with van der Waals surface area (Å²) in [6, 6.07) is 0. The summed E-state index contributed by atoms with van der Waals surface area (Å²) in [7, 11) is 0. The van der Waals surface area contributed by atoms with E-state index in [1.165, 1.54) is 11.1 Å². The fourth-order valence-corrected chi connectivity index (χ4v) is 1.90. The lowest BCUT2D eigenvalue weighted by molar-refractivity contribution is 0.146. The van der Waals surface area contributed by atoms with Crippen LogP contribution in [0, 0.1) is 0 Å². The monoisotopic (exact) mass is 305 g/mol. The molecule has 0 radical (unpaired) electrons. The summed E-state index contributed by atoms with van der Waals surface area (Å²) >= 11 is 0. The highest BCUT2D eigenvalue weighted by Crippen LogP contribution is 2.05. The number of carbonyl (C=O) groups excluding carboxylic acids is 1. The lowest BCUT2D eigenvalue weighted by Crippen LogP contribution is -2.25. The molecule has 122 valence electrons. The number of hydrogen-bond donors (Lipinski definition) is 2. The van der Waals surface area contributed by atoms with E-state index in [9.17, 15) is 4.79 Å². The average Bonchev–Trinajstić information content (AvgIpc) is 2.96. The summed E-state index contributed by atoms with van der Waals surface area (Å²) in [6.07, 6.45) is 11.0. The Kier molecular flexibility index (Phi) is 8.72. The third kappa shape index (κ3) is 9.00. The lowest BCUT2D eigenvalue weighted by Gasteiger charge is -2.05. The van der Waals surface area contributed by atoms with Crippen molar-refractivity contribution in [2.45, 2.75) is 46.5 Å². The predicted octanol–water partition coefficient (Wildman–Crippen LogP) is 3.76. The van der Waals surface area contributed by atoms with Crippen molar-refractivity contribution in [3.8, 4) is 0 Å². The number of aromatic nitrogens is 2. The van der Waals surface area contributed by atoms with Crippen LogP contribution in [0.5, 0.6) is 0 Å². The third-order valence-corrected chi connectivity index (χ3v) is 3.17. The first-order valence-corrected chi connectivity index (χ1v) is 7.75. The van der Waals surface area contributed by atoms with Crippen LogP contribution in [-0.4, -0.2) is 29.2 Å². The molecule has 0 saturated heterocycles. The maximum atomic E-state index is 11.5. The van der Waals surface area contributed by atoms with Gasteiger partial charge in [-0.25, -0.2) is 9.78 Å². The number of nitrogens with one attached hydrogen (secondary N) is 2. The highest BCUT2D eigenvalue weighted by molar-refractivity contribution is 5.67. The van der Waals surface area contributed by atoms with Crippen LogP contribution in [0.1, 0.15) is 45.7 Å². The van der Waals surface area contributed by atoms with Crippen LogP contribution in [0.4, 0.5) is 4.79 Å². The quantitative estimate of drug-likeness (QED) is 0.539. The van der Waals surface area contributed by atoms with E-state index in [4.69, 9.17) is 4.74 Å². The Labute approximate surface area is 132 Å². The molecule has 1 heterocycles. The van der Waals surface area contributed by atoms with Crippen LogP contribution in [0.25, 0.3) is 0 Å². The zero-order chi connectivity index (χ0) is 16.2. The number of H-pyrrole nitrogens is 1. The molecule has 1 amide bonds. The molecule has 0 aliphatic rings. The number of aromatic amines is 1. The van der Waals surface area contributed by atoms with Crippen molar-refractivity contribution in [2.75, 3.05) is 13.2 Å². The molecule has 0 aromatic carbocycles. The van der Waals surface area contributed by atoms with Gasteiger partial charge in [0, 0.05) is 18.4 Å². The maximum absolute atomic E-state index is 11.5. The number of imidazole rings is 1. The van der Waals surface area contributed by atoms with Crippen LogP contribution >= 0.6 is 0 Å². The van der Waals surface area contributed by atoms with Gasteiger partial charge in [0.1, 0.15) is 0 Å². The molecule has 0 aliphatic heterocycles. The summed E-state index contributed by atoms with van der Waals surface area (Å²) in [6.45, 7) is 7.20. The molecule has 0 fully saturated rings. The van der Waals surface area contributed by atoms with Crippen LogP contribution in [-0.2, 0) is 11.2 Å². The van der Waals surface area contributed by atoms with Gasteiger partial charge in [0.2, 0.25) is 0 Å². The number of amides is 1. The molecule has 0 saturated carbocycles. The molecule has 1 aromatic heterocycles. The van der Waals surface area contributed by atoms with Gasteiger partial charge in [0.15, 0.2) is 0 Å². The van der Waals surface area contributed by atoms with Crippen molar-refractivity contribution in [3.05, 3.63) is 41.5 Å². The van der Waals surface area contributed by atoms with Gasteiger partial charge in [0.05, 0.1) is 12.9 Å². The summed E-state index contributed by atoms with van der Waals surface area (Å²) < 4.78 is 5.11. The van der Waals surface area contributed by atoms with Crippen molar-refractivity contribution < 1.29 is 9.53 Å². The smallest absolute Gasteiger partial charge is 0.407 e. The molecule has 0 spiro atoms. The number of alkyl carbamates (subject to hydrolysis) is 1. The molecule has 5 heteroatoms. The van der Waals surface area contributed by atoms with Crippen LogP contribution in [0.2, 0.25) is 0 Å². The van der Waals surface area contributed by atoms with Gasteiger partial charge in [-0.3, -0.25) is 0 Å². The molecular weight excluding hydrogens is 278 g/mol. The van der Waals surface area contributed by atoms with E-state index >= 15 is 0 Å². The molecule has 0 atom stereocenters. The summed E-state index contributed by atoms with van der Waals surface area (Å²) in [5.74, 6) is 0. The minimum Gasteiger partial charge on any atom is -0.450 e. The van der Waals surface area contributed by atoms with E-state index in [1.807, 2.05) is 6.08 Å². The highest BCUT2D eigenvalue weighted by Gasteiger charge is 2.00. The molecule has 0 unspecified atom stereocenters. The normalized spacial score (nSPS) is 11.1. The number of rotatable bonds is 9. The largest absolute Gasteiger partial charge is 0.450 e. The van der Waals surface area contributed by atoms with Crippen molar-refractivity contribution in [3.63, 3.8) is 0 Å². The second-order valence-electron chi connectivity index (χ2n) is 5.57. The number of ether oxygens (including phenoxy) is 1. The standard InChI is InChI=1S/C17H27N3O2/c1-14(2)6-4-7-15(3)9-10-19-17(21)22-11-5-8-16-12-18-13-20-16/h6,9,12-13H,4-5,7-8,10-11H2,1-3H3,(H,18,20)(H,19,21)/b15-9+. The van der Waals surface area contributed by atoms with Crippen molar-refractivity contribution in [2.24, 2.45) is 0 Å². The fraction of sp³-hybridized carbons (Fsp3) is 0.529. The zero-order valence-electron chi connectivity index (χ0n) is 13.8. The average molecular weight is 305 g/mol. The Hall–Kier alpha value is -2.04. The summed E-state index contributed by atoms with van der Waals surface area (Å²) in [5.41, 5.74) is 3.67. The second kappa shape index (κ2) is 10.7. The molecule has 5 nitrogen and oxygen atoms in total. The molecule has 1 aromatic rings. The third-order valence-electron chi connectivity index (χ3n) is 3.17. The Morgan fingerprint density at radius 3 is 2.86 bits per heavy atom. The van der Waals surface area contributed by atoms with Crippen LogP contribution < -0.4 is 5.32 Å². The Bertz CT molecular complexity index is 486. The molecule has 2 N–H and O–H groups in total. The molecule has 22 heavy (non-hydrogen) atoms. The first kappa shape index (κ1) is 18.0. The summed E-state index contributed by atoms with van der Waals surface area (Å²) in [4.78, 5) is 18.5. The molecular formula is C17H27N3O2. The maximum Gasteiger partial charge on any atom is 0.407 e. The highest BCUT2D eigenvalue weighted by atomic mass is 16.5. The van der Waals surface area contributed by atoms with E-state index in [0.717, 1.165) is 31.4 Å². The minimum absolute atomic E-state index is 0.363. The van der Waals surface area contributed by atoms with E-state index in [0.29, 0.717) is 13.2 Å². The predicted molar refractivity (Wildman–Crippen MR) is 88.7 cm³/mol. The van der Waals surface area contributed by atoms with Gasteiger partial charge in [-0.1, -0.05) is 23.3 Å². The zero-order valence-corrected chi connectivity index (χ0v) is 13.8. The van der Waals surface area contributed by atoms with Gasteiger partial charge >= 0.3 is 6.09 Å². The number of hydrogen-bond acceptors (Lipinski definition) is 3. The second-order valence-corrected chi connectivity index (χ2v) is 5.57. The van der Waals surface area contributed by atoms with E-state index in [2.05, 4.69) is 42.1 Å². The van der Waals surface area contributed by atoms with Gasteiger partial charge < -0.3 is 15.0 Å². The van der Waals surface area contributed by atoms with Crippen molar-refractivity contribution in [1.29, 1.82) is 0 Å². The van der Waals surface area contributed by atoms with Gasteiger partial charge in [-0.15, -0.1) is 0 Å². The van der Waals surface area contributed by atoms with E-state index < -0.39 is 0 Å². The van der Waals surface area contributed by atoms with E-state index in [-0.39, 0.29) is 6.09 Å². The van der Waals surface area contributed by atoms with E-state index in [1.54, 1.807) is 12.5 Å². The van der Waals surface area contributed by atoms with Crippen molar-refractivity contribution >= 4 is 6.09 Å². The SMILES string of the molecule is CC(C)=CCC/C(C)=C/CNC(=O)OCCCc1cnc[nH]1. The van der Waals surface area contributed by atoms with Gasteiger partial charge in [0.25, 0.3) is 0 Å². The van der Waals surface area contributed by atoms with Crippen LogP contribution in [0.15, 0.2) is 35.8 Å². The minimum atomic E-state index is -0.363. The Morgan fingerprint density at radius 1 is 1.36 bits per heavy atom. The number of aryl methyl sites for hydroxylation is 1. The lowest BCUT2D eigenvalue weighted by atomic mass is 10.1. The van der Waals surface area contributed by atoms with Gasteiger partial charge in [-0.05, 0) is 46.5 Å². The number of nitrogens with zero attached hydrogens (tertiary/aromatic N) is 1. The molecule has 0 bridgehead atoms. The molecule has 0 aliphatic carbocycles. The van der Waals surface area contributed by atoms with Crippen LogP contribution in [0.3, 0.4) is 0 Å². The Balaban J connectivity index is 2.05. The fourth-order valence-electron chi connectivity index (χ4n) is 1.90. The first-order chi connectivity index (χ1) is 10.6. The topological polar surface area (TPSA) is 67.0 Å². The Morgan fingerprint density at radius 2 is 2.18 bits per heavy atom. The summed E-state index contributed by atoms with van der Waals surface area (Å²) in [5, 5.41) is 2.73.